The van der Waals surface area contributed by atoms with Crippen LogP contribution in [0.3, 0.4) is 0 Å². The normalized spacial score (nSPS) is 10.0. The number of aryl methyl sites for hydroxylation is 1. The molecule has 0 bridgehead atoms. The van der Waals surface area contributed by atoms with Crippen LogP contribution in [0.25, 0.3) is 0 Å². The van der Waals surface area contributed by atoms with Gasteiger partial charge in [-0.2, -0.15) is 0 Å². The van der Waals surface area contributed by atoms with Gasteiger partial charge in [0.15, 0.2) is 11.5 Å². The first kappa shape index (κ1) is 14.1. The Balaban J connectivity index is 2.40. The fourth-order valence-corrected chi connectivity index (χ4v) is 2.02. The Morgan fingerprint density at radius 2 is 1.45 bits per heavy atom. The monoisotopic (exact) mass is 273 g/mol. The third kappa shape index (κ3) is 2.79. The lowest BCUT2D eigenvalue weighted by Gasteiger charge is -2.15. The second-order valence-corrected chi connectivity index (χ2v) is 4.35. The Morgan fingerprint density at radius 3 is 1.95 bits per heavy atom. The Bertz CT molecular complexity index is 571. The minimum atomic E-state index is 0.588. The molecule has 0 aliphatic heterocycles. The Morgan fingerprint density at radius 1 is 0.850 bits per heavy atom. The maximum atomic E-state index is 5.34. The van der Waals surface area contributed by atoms with Crippen LogP contribution in [0.2, 0.25) is 0 Å². The largest absolute Gasteiger partial charge is 0.493 e. The zero-order chi connectivity index (χ0) is 14.5. The van der Waals surface area contributed by atoms with E-state index in [0.29, 0.717) is 17.2 Å². The van der Waals surface area contributed by atoms with Gasteiger partial charge in [-0.1, -0.05) is 18.2 Å². The SMILES string of the molecule is COc1cc(Nc2ccccc2C)cc(OC)c1OC. The van der Waals surface area contributed by atoms with Gasteiger partial charge < -0.3 is 19.5 Å². The van der Waals surface area contributed by atoms with Crippen LogP contribution in [0.5, 0.6) is 17.2 Å². The van der Waals surface area contributed by atoms with Gasteiger partial charge in [0.2, 0.25) is 5.75 Å². The fourth-order valence-electron chi connectivity index (χ4n) is 2.02. The Labute approximate surface area is 119 Å². The number of nitrogens with one attached hydrogen (secondary N) is 1. The number of ether oxygens (including phenoxy) is 3. The standard InChI is InChI=1S/C16H19NO3/c1-11-7-5-6-8-13(11)17-12-9-14(18-2)16(20-4)15(10-12)19-3/h5-10,17H,1-4H3. The fraction of sp³-hybridized carbons (Fsp3) is 0.250. The molecule has 0 spiro atoms. The maximum Gasteiger partial charge on any atom is 0.203 e. The van der Waals surface area contributed by atoms with Gasteiger partial charge in [0.1, 0.15) is 0 Å². The van der Waals surface area contributed by atoms with Gasteiger partial charge in [-0.15, -0.1) is 0 Å². The van der Waals surface area contributed by atoms with Crippen LogP contribution in [0.4, 0.5) is 11.4 Å². The first-order chi connectivity index (χ1) is 9.69. The summed E-state index contributed by atoms with van der Waals surface area (Å²) in [4.78, 5) is 0. The molecule has 0 saturated heterocycles. The summed E-state index contributed by atoms with van der Waals surface area (Å²) >= 11 is 0. The summed E-state index contributed by atoms with van der Waals surface area (Å²) in [5, 5.41) is 3.36. The molecule has 20 heavy (non-hydrogen) atoms. The van der Waals surface area contributed by atoms with E-state index >= 15 is 0 Å². The summed E-state index contributed by atoms with van der Waals surface area (Å²) < 4.78 is 16.0. The molecule has 1 N–H and O–H groups in total. The van der Waals surface area contributed by atoms with E-state index in [9.17, 15) is 0 Å². The quantitative estimate of drug-likeness (QED) is 0.900. The summed E-state index contributed by atoms with van der Waals surface area (Å²) in [6.07, 6.45) is 0. The second kappa shape index (κ2) is 6.19. The Hall–Kier alpha value is -2.36. The van der Waals surface area contributed by atoms with E-state index in [1.807, 2.05) is 30.3 Å². The third-order valence-corrected chi connectivity index (χ3v) is 3.09. The van der Waals surface area contributed by atoms with Crippen LogP contribution in [0, 0.1) is 6.92 Å². The number of rotatable bonds is 5. The molecule has 4 nitrogen and oxygen atoms in total. The highest BCUT2D eigenvalue weighted by molar-refractivity contribution is 5.69. The van der Waals surface area contributed by atoms with Gasteiger partial charge in [0.05, 0.1) is 21.3 Å². The van der Waals surface area contributed by atoms with E-state index in [0.717, 1.165) is 11.4 Å². The van der Waals surface area contributed by atoms with E-state index in [1.54, 1.807) is 21.3 Å². The van der Waals surface area contributed by atoms with Crippen LogP contribution in [-0.2, 0) is 0 Å². The molecule has 0 radical (unpaired) electrons. The number of hydrogen-bond acceptors (Lipinski definition) is 4. The van der Waals surface area contributed by atoms with Crippen LogP contribution in [0.15, 0.2) is 36.4 Å². The summed E-state index contributed by atoms with van der Waals surface area (Å²) in [7, 11) is 4.80. The van der Waals surface area contributed by atoms with Crippen LogP contribution >= 0.6 is 0 Å². The van der Waals surface area contributed by atoms with Gasteiger partial charge >= 0.3 is 0 Å². The number of hydrogen-bond donors (Lipinski definition) is 1. The molecule has 2 aromatic rings. The van der Waals surface area contributed by atoms with Crippen LogP contribution < -0.4 is 19.5 Å². The van der Waals surface area contributed by atoms with E-state index in [-0.39, 0.29) is 0 Å². The van der Waals surface area contributed by atoms with Crippen molar-refractivity contribution in [1.82, 2.24) is 0 Å². The van der Waals surface area contributed by atoms with Gasteiger partial charge in [-0.05, 0) is 18.6 Å². The average molecular weight is 273 g/mol. The van der Waals surface area contributed by atoms with Gasteiger partial charge in [0, 0.05) is 23.5 Å². The zero-order valence-electron chi connectivity index (χ0n) is 12.2. The first-order valence-electron chi connectivity index (χ1n) is 6.32. The average Bonchev–Trinajstić information content (AvgIpc) is 2.48. The lowest BCUT2D eigenvalue weighted by Crippen LogP contribution is -1.98. The minimum absolute atomic E-state index is 0.588. The molecule has 0 fully saturated rings. The molecule has 0 aliphatic carbocycles. The van der Waals surface area contributed by atoms with Crippen LogP contribution in [-0.4, -0.2) is 21.3 Å². The third-order valence-electron chi connectivity index (χ3n) is 3.09. The van der Waals surface area contributed by atoms with Crippen molar-refractivity contribution >= 4 is 11.4 Å². The minimum Gasteiger partial charge on any atom is -0.493 e. The molecule has 0 aliphatic rings. The molecule has 0 aromatic heterocycles. The smallest absolute Gasteiger partial charge is 0.203 e. The molecule has 2 aromatic carbocycles. The molecule has 106 valence electrons. The number of benzene rings is 2. The number of anilines is 2. The van der Waals surface area contributed by atoms with Crippen LogP contribution in [0.1, 0.15) is 5.56 Å². The predicted octanol–water partition coefficient (Wildman–Crippen LogP) is 3.76. The summed E-state index contributed by atoms with van der Waals surface area (Å²) in [6, 6.07) is 11.9. The zero-order valence-corrected chi connectivity index (χ0v) is 12.2. The lowest BCUT2D eigenvalue weighted by atomic mass is 10.2. The van der Waals surface area contributed by atoms with Gasteiger partial charge in [0.25, 0.3) is 0 Å². The van der Waals surface area contributed by atoms with Crippen molar-refractivity contribution in [3.8, 4) is 17.2 Å². The summed E-state index contributed by atoms with van der Waals surface area (Å²) in [5.74, 6) is 1.84. The molecular formula is C16H19NO3. The highest BCUT2D eigenvalue weighted by atomic mass is 16.5. The van der Waals surface area contributed by atoms with Crippen molar-refractivity contribution in [2.75, 3.05) is 26.6 Å². The van der Waals surface area contributed by atoms with Crippen molar-refractivity contribution in [3.05, 3.63) is 42.0 Å². The maximum absolute atomic E-state index is 5.34. The molecular weight excluding hydrogens is 254 g/mol. The highest BCUT2D eigenvalue weighted by Crippen LogP contribution is 2.40. The van der Waals surface area contributed by atoms with Crippen molar-refractivity contribution in [3.63, 3.8) is 0 Å². The predicted molar refractivity (Wildman–Crippen MR) is 80.6 cm³/mol. The topological polar surface area (TPSA) is 39.7 Å². The molecule has 2 rings (SSSR count). The van der Waals surface area contributed by atoms with E-state index in [1.165, 1.54) is 5.56 Å². The van der Waals surface area contributed by atoms with Crippen molar-refractivity contribution in [1.29, 1.82) is 0 Å². The first-order valence-corrected chi connectivity index (χ1v) is 6.32. The Kier molecular flexibility index (Phi) is 4.35. The van der Waals surface area contributed by atoms with Crippen molar-refractivity contribution in [2.45, 2.75) is 6.92 Å². The van der Waals surface area contributed by atoms with Crippen molar-refractivity contribution in [2.24, 2.45) is 0 Å². The van der Waals surface area contributed by atoms with E-state index in [2.05, 4.69) is 18.3 Å². The lowest BCUT2D eigenvalue weighted by molar-refractivity contribution is 0.324. The summed E-state index contributed by atoms with van der Waals surface area (Å²) in [5.41, 5.74) is 3.09. The summed E-state index contributed by atoms with van der Waals surface area (Å²) in [6.45, 7) is 2.06. The highest BCUT2D eigenvalue weighted by Gasteiger charge is 2.13. The molecule has 0 saturated carbocycles. The van der Waals surface area contributed by atoms with Gasteiger partial charge in [-0.25, -0.2) is 0 Å². The van der Waals surface area contributed by atoms with E-state index < -0.39 is 0 Å². The van der Waals surface area contributed by atoms with Crippen molar-refractivity contribution < 1.29 is 14.2 Å². The molecule has 0 amide bonds. The second-order valence-electron chi connectivity index (χ2n) is 4.35. The molecule has 4 heteroatoms. The molecule has 0 atom stereocenters. The van der Waals surface area contributed by atoms with E-state index in [4.69, 9.17) is 14.2 Å². The van der Waals surface area contributed by atoms with Gasteiger partial charge in [-0.3, -0.25) is 0 Å². The molecule has 0 heterocycles. The number of methoxy groups -OCH3 is 3. The number of para-hydroxylation sites is 1. The molecule has 0 unspecified atom stereocenters.